The number of aryl methyl sites for hydroxylation is 1. The van der Waals surface area contributed by atoms with Crippen LogP contribution in [-0.4, -0.2) is 44.7 Å². The van der Waals surface area contributed by atoms with Crippen molar-refractivity contribution in [3.8, 4) is 0 Å². The molecule has 3 N–H and O–H groups in total. The Bertz CT molecular complexity index is 419. The Balaban J connectivity index is 2.22. The molecule has 0 aliphatic rings. The maximum Gasteiger partial charge on any atom is 0.326 e. The molecule has 0 saturated heterocycles. The summed E-state index contributed by atoms with van der Waals surface area (Å²) in [5, 5.41) is 21.6. The van der Waals surface area contributed by atoms with Gasteiger partial charge in [-0.3, -0.25) is 4.68 Å². The average Bonchev–Trinajstić information content (AvgIpc) is 2.86. The molecular weight excluding hydrogens is 262 g/mol. The van der Waals surface area contributed by atoms with Crippen LogP contribution in [0.3, 0.4) is 0 Å². The van der Waals surface area contributed by atoms with Crippen molar-refractivity contribution in [2.24, 2.45) is 5.92 Å². The smallest absolute Gasteiger partial charge is 0.326 e. The van der Waals surface area contributed by atoms with Crippen molar-refractivity contribution in [3.63, 3.8) is 0 Å². The summed E-state index contributed by atoms with van der Waals surface area (Å²) in [5.41, 5.74) is 0. The van der Waals surface area contributed by atoms with Crippen LogP contribution in [0.2, 0.25) is 0 Å². The molecule has 0 aromatic carbocycles. The van der Waals surface area contributed by atoms with Crippen molar-refractivity contribution in [2.75, 3.05) is 6.54 Å². The first kappa shape index (κ1) is 15.9. The molecule has 1 aromatic heterocycles. The Hall–Kier alpha value is -2.12. The number of aliphatic carboxylic acids is 1. The van der Waals surface area contributed by atoms with Crippen molar-refractivity contribution in [1.29, 1.82) is 0 Å². The Labute approximate surface area is 117 Å². The molecule has 0 bridgehead atoms. The summed E-state index contributed by atoms with van der Waals surface area (Å²) in [6, 6.07) is -1.32. The third-order valence-corrected chi connectivity index (χ3v) is 2.63. The second kappa shape index (κ2) is 8.13. The monoisotopic (exact) mass is 283 g/mol. The van der Waals surface area contributed by atoms with Gasteiger partial charge in [-0.2, -0.15) is 0 Å². The molecule has 0 aliphatic heterocycles. The fourth-order valence-electron chi connectivity index (χ4n) is 1.70. The number of nitrogens with one attached hydrogen (secondary N) is 2. The van der Waals surface area contributed by atoms with E-state index in [0.29, 0.717) is 25.9 Å². The van der Waals surface area contributed by atoms with Gasteiger partial charge in [0.2, 0.25) is 0 Å². The summed E-state index contributed by atoms with van der Waals surface area (Å²) < 4.78 is 1.67. The van der Waals surface area contributed by atoms with Crippen LogP contribution in [0.5, 0.6) is 0 Å². The number of nitrogens with zero attached hydrogens (tertiary/aromatic N) is 3. The number of urea groups is 1. The van der Waals surface area contributed by atoms with Crippen molar-refractivity contribution in [2.45, 2.75) is 39.3 Å². The molecule has 20 heavy (non-hydrogen) atoms. The number of hydrogen-bond acceptors (Lipinski definition) is 4. The molecular formula is C12H21N5O3. The zero-order chi connectivity index (χ0) is 15.0. The van der Waals surface area contributed by atoms with Gasteiger partial charge in [0.15, 0.2) is 0 Å². The molecule has 0 saturated carbocycles. The topological polar surface area (TPSA) is 109 Å². The highest BCUT2D eigenvalue weighted by atomic mass is 16.4. The number of carbonyl (C=O) groups is 2. The van der Waals surface area contributed by atoms with E-state index in [2.05, 4.69) is 20.9 Å². The Morgan fingerprint density at radius 3 is 2.70 bits per heavy atom. The van der Waals surface area contributed by atoms with E-state index in [0.717, 1.165) is 0 Å². The average molecular weight is 283 g/mol. The summed E-state index contributed by atoms with van der Waals surface area (Å²) in [6.45, 7) is 4.91. The molecule has 8 heteroatoms. The lowest BCUT2D eigenvalue weighted by molar-refractivity contribution is -0.139. The third-order valence-electron chi connectivity index (χ3n) is 2.63. The van der Waals surface area contributed by atoms with Gasteiger partial charge in [0, 0.05) is 19.3 Å². The van der Waals surface area contributed by atoms with Crippen molar-refractivity contribution < 1.29 is 14.7 Å². The molecule has 1 aromatic rings. The molecule has 1 rings (SSSR count). The minimum absolute atomic E-state index is 0.198. The molecule has 2 amide bonds. The van der Waals surface area contributed by atoms with E-state index in [4.69, 9.17) is 5.11 Å². The van der Waals surface area contributed by atoms with Crippen LogP contribution in [0.15, 0.2) is 12.4 Å². The number of carbonyl (C=O) groups excluding carboxylic acids is 1. The largest absolute Gasteiger partial charge is 0.480 e. The Kier molecular flexibility index (Phi) is 6.48. The number of amides is 2. The summed E-state index contributed by atoms with van der Waals surface area (Å²) in [7, 11) is 0. The second-order valence-corrected chi connectivity index (χ2v) is 4.94. The minimum atomic E-state index is -1.02. The number of rotatable bonds is 8. The van der Waals surface area contributed by atoms with Gasteiger partial charge in [0.05, 0.1) is 6.20 Å². The first-order valence-electron chi connectivity index (χ1n) is 6.60. The first-order valence-corrected chi connectivity index (χ1v) is 6.60. The Morgan fingerprint density at radius 2 is 2.15 bits per heavy atom. The Morgan fingerprint density at radius 1 is 1.40 bits per heavy atom. The van der Waals surface area contributed by atoms with Gasteiger partial charge in [0.25, 0.3) is 0 Å². The number of aromatic nitrogens is 3. The van der Waals surface area contributed by atoms with Crippen LogP contribution in [-0.2, 0) is 11.3 Å². The number of carboxylic acids is 1. The van der Waals surface area contributed by atoms with Crippen molar-refractivity contribution in [1.82, 2.24) is 25.6 Å². The van der Waals surface area contributed by atoms with Gasteiger partial charge in [-0.05, 0) is 18.8 Å². The fraction of sp³-hybridized carbons (Fsp3) is 0.667. The first-order chi connectivity index (χ1) is 9.49. The standard InChI is InChI=1S/C12H21N5O3/c1-9(2)8-10(11(18)19)15-12(20)13-4-3-6-17-7-5-14-16-17/h5,7,9-10H,3-4,6,8H2,1-2H3,(H,18,19)(H2,13,15,20). The van der Waals surface area contributed by atoms with Crippen molar-refractivity contribution in [3.05, 3.63) is 12.4 Å². The highest BCUT2D eigenvalue weighted by molar-refractivity contribution is 5.82. The molecule has 1 unspecified atom stereocenters. The highest BCUT2D eigenvalue weighted by Gasteiger charge is 2.20. The minimum Gasteiger partial charge on any atom is -0.480 e. The van der Waals surface area contributed by atoms with E-state index in [1.54, 1.807) is 17.1 Å². The predicted molar refractivity (Wildman–Crippen MR) is 72.1 cm³/mol. The molecule has 0 spiro atoms. The second-order valence-electron chi connectivity index (χ2n) is 4.94. The molecule has 0 fully saturated rings. The van der Waals surface area contributed by atoms with E-state index in [-0.39, 0.29) is 5.92 Å². The van der Waals surface area contributed by atoms with E-state index < -0.39 is 18.0 Å². The highest BCUT2D eigenvalue weighted by Crippen LogP contribution is 2.04. The quantitative estimate of drug-likeness (QED) is 0.601. The van der Waals surface area contributed by atoms with E-state index in [1.165, 1.54) is 0 Å². The SMILES string of the molecule is CC(C)CC(NC(=O)NCCCn1ccnn1)C(=O)O. The zero-order valence-electron chi connectivity index (χ0n) is 11.7. The number of carboxylic acid groups (broad SMARTS) is 1. The van der Waals surface area contributed by atoms with Gasteiger partial charge < -0.3 is 15.7 Å². The van der Waals surface area contributed by atoms with Crippen LogP contribution < -0.4 is 10.6 Å². The van der Waals surface area contributed by atoms with Gasteiger partial charge >= 0.3 is 12.0 Å². The maximum atomic E-state index is 11.6. The summed E-state index contributed by atoms with van der Waals surface area (Å²) in [6.07, 6.45) is 4.42. The van der Waals surface area contributed by atoms with Gasteiger partial charge in [-0.15, -0.1) is 5.10 Å². The molecule has 112 valence electrons. The predicted octanol–water partition coefficient (Wildman–Crippen LogP) is 0.467. The number of hydrogen-bond donors (Lipinski definition) is 3. The third kappa shape index (κ3) is 6.17. The van der Waals surface area contributed by atoms with Gasteiger partial charge in [-0.1, -0.05) is 19.1 Å². The van der Waals surface area contributed by atoms with Crippen LogP contribution in [0.25, 0.3) is 0 Å². The van der Waals surface area contributed by atoms with E-state index >= 15 is 0 Å². The summed E-state index contributed by atoms with van der Waals surface area (Å²) in [4.78, 5) is 22.6. The lowest BCUT2D eigenvalue weighted by Crippen LogP contribution is -2.46. The molecule has 0 radical (unpaired) electrons. The normalized spacial score (nSPS) is 12.2. The fourth-order valence-corrected chi connectivity index (χ4v) is 1.70. The lowest BCUT2D eigenvalue weighted by Gasteiger charge is -2.16. The van der Waals surface area contributed by atoms with Crippen LogP contribution >= 0.6 is 0 Å². The van der Waals surface area contributed by atoms with Crippen LogP contribution in [0.1, 0.15) is 26.7 Å². The van der Waals surface area contributed by atoms with E-state index in [1.807, 2.05) is 13.8 Å². The zero-order valence-corrected chi connectivity index (χ0v) is 11.7. The van der Waals surface area contributed by atoms with Crippen LogP contribution in [0, 0.1) is 5.92 Å². The summed E-state index contributed by atoms with van der Waals surface area (Å²) >= 11 is 0. The molecule has 1 atom stereocenters. The van der Waals surface area contributed by atoms with Gasteiger partial charge in [-0.25, -0.2) is 9.59 Å². The summed E-state index contributed by atoms with van der Waals surface area (Å²) in [5.74, 6) is -0.819. The molecule has 0 aliphatic carbocycles. The van der Waals surface area contributed by atoms with E-state index in [9.17, 15) is 9.59 Å². The maximum absolute atomic E-state index is 11.6. The lowest BCUT2D eigenvalue weighted by atomic mass is 10.0. The molecule has 8 nitrogen and oxygen atoms in total. The van der Waals surface area contributed by atoms with Crippen molar-refractivity contribution >= 4 is 12.0 Å². The van der Waals surface area contributed by atoms with Gasteiger partial charge in [0.1, 0.15) is 6.04 Å². The van der Waals surface area contributed by atoms with Crippen LogP contribution in [0.4, 0.5) is 4.79 Å². The molecule has 1 heterocycles.